The van der Waals surface area contributed by atoms with E-state index >= 15 is 0 Å². The molecule has 6 nitrogen and oxygen atoms in total. The summed E-state index contributed by atoms with van der Waals surface area (Å²) >= 11 is 0. The van der Waals surface area contributed by atoms with Crippen molar-refractivity contribution in [3.8, 4) is 11.5 Å². The standard InChI is InChI=1S/C14H19N3O3/c1-14(2,5-6-18)9-15-13(19)11-8-10(16-17-11)12-4-3-7-20-12/h3-4,7-8,18H,5-6,9H2,1-2H3,(H,15,19)(H,16,17). The van der Waals surface area contributed by atoms with Gasteiger partial charge in [0.25, 0.3) is 5.91 Å². The number of H-pyrrole nitrogens is 1. The number of aromatic nitrogens is 2. The van der Waals surface area contributed by atoms with Gasteiger partial charge in [0.2, 0.25) is 0 Å². The van der Waals surface area contributed by atoms with Crippen molar-refractivity contribution in [2.45, 2.75) is 20.3 Å². The van der Waals surface area contributed by atoms with Crippen LogP contribution in [-0.4, -0.2) is 34.4 Å². The lowest BCUT2D eigenvalue weighted by molar-refractivity contribution is 0.0923. The van der Waals surface area contributed by atoms with Gasteiger partial charge in [-0.2, -0.15) is 5.10 Å². The van der Waals surface area contributed by atoms with Gasteiger partial charge in [0.05, 0.1) is 6.26 Å². The molecule has 108 valence electrons. The van der Waals surface area contributed by atoms with E-state index in [-0.39, 0.29) is 17.9 Å². The van der Waals surface area contributed by atoms with Gasteiger partial charge in [-0.15, -0.1) is 0 Å². The lowest BCUT2D eigenvalue weighted by Gasteiger charge is -2.23. The maximum atomic E-state index is 12.0. The SMILES string of the molecule is CC(C)(CCO)CNC(=O)c1cc(-c2ccco2)[nH]n1. The van der Waals surface area contributed by atoms with E-state index < -0.39 is 0 Å². The van der Waals surface area contributed by atoms with Gasteiger partial charge in [-0.1, -0.05) is 13.8 Å². The van der Waals surface area contributed by atoms with Crippen molar-refractivity contribution in [3.05, 3.63) is 30.2 Å². The zero-order chi connectivity index (χ0) is 14.6. The fourth-order valence-corrected chi connectivity index (χ4v) is 1.80. The summed E-state index contributed by atoms with van der Waals surface area (Å²) in [6.07, 6.45) is 2.19. The van der Waals surface area contributed by atoms with Crippen molar-refractivity contribution in [2.75, 3.05) is 13.2 Å². The van der Waals surface area contributed by atoms with Crippen molar-refractivity contribution >= 4 is 5.91 Å². The number of hydrogen-bond donors (Lipinski definition) is 3. The van der Waals surface area contributed by atoms with E-state index in [0.717, 1.165) is 0 Å². The number of aromatic amines is 1. The van der Waals surface area contributed by atoms with Crippen LogP contribution in [0.15, 0.2) is 28.9 Å². The summed E-state index contributed by atoms with van der Waals surface area (Å²) in [6, 6.07) is 5.21. The van der Waals surface area contributed by atoms with Crippen molar-refractivity contribution in [1.82, 2.24) is 15.5 Å². The Balaban J connectivity index is 1.97. The summed E-state index contributed by atoms with van der Waals surface area (Å²) in [5.74, 6) is 0.391. The second kappa shape index (κ2) is 5.92. The Bertz CT molecular complexity index is 558. The summed E-state index contributed by atoms with van der Waals surface area (Å²) in [5, 5.41) is 18.5. The molecule has 0 aliphatic heterocycles. The molecule has 1 amide bonds. The number of furan rings is 1. The number of carbonyl (C=O) groups is 1. The molecule has 0 radical (unpaired) electrons. The first kappa shape index (κ1) is 14.3. The van der Waals surface area contributed by atoms with Crippen LogP contribution in [0.1, 0.15) is 30.8 Å². The molecular formula is C14H19N3O3. The third-order valence-corrected chi connectivity index (χ3v) is 3.11. The average molecular weight is 277 g/mol. The van der Waals surface area contributed by atoms with Crippen LogP contribution in [0.2, 0.25) is 0 Å². The molecular weight excluding hydrogens is 258 g/mol. The van der Waals surface area contributed by atoms with Crippen LogP contribution >= 0.6 is 0 Å². The van der Waals surface area contributed by atoms with Crippen LogP contribution in [0.5, 0.6) is 0 Å². The summed E-state index contributed by atoms with van der Waals surface area (Å²) in [5.41, 5.74) is 0.829. The van der Waals surface area contributed by atoms with E-state index in [1.165, 1.54) is 0 Å². The molecule has 2 rings (SSSR count). The number of nitrogens with zero attached hydrogens (tertiary/aromatic N) is 1. The van der Waals surface area contributed by atoms with E-state index in [0.29, 0.717) is 30.1 Å². The average Bonchev–Trinajstić information content (AvgIpc) is 3.06. The van der Waals surface area contributed by atoms with Gasteiger partial charge < -0.3 is 14.8 Å². The van der Waals surface area contributed by atoms with Crippen LogP contribution in [0, 0.1) is 5.41 Å². The van der Waals surface area contributed by atoms with E-state index in [9.17, 15) is 4.79 Å². The largest absolute Gasteiger partial charge is 0.463 e. The van der Waals surface area contributed by atoms with Gasteiger partial charge in [0, 0.05) is 19.2 Å². The van der Waals surface area contributed by atoms with Gasteiger partial charge >= 0.3 is 0 Å². The first-order valence-corrected chi connectivity index (χ1v) is 6.50. The molecule has 2 heterocycles. The minimum atomic E-state index is -0.245. The van der Waals surface area contributed by atoms with Crippen molar-refractivity contribution in [3.63, 3.8) is 0 Å². The first-order chi connectivity index (χ1) is 9.52. The number of hydrogen-bond acceptors (Lipinski definition) is 4. The molecule has 0 aliphatic carbocycles. The molecule has 2 aromatic heterocycles. The fraction of sp³-hybridized carbons (Fsp3) is 0.429. The van der Waals surface area contributed by atoms with Crippen molar-refractivity contribution in [1.29, 1.82) is 0 Å². The van der Waals surface area contributed by atoms with Gasteiger partial charge in [-0.3, -0.25) is 9.89 Å². The van der Waals surface area contributed by atoms with Crippen LogP contribution < -0.4 is 5.32 Å². The molecule has 0 fully saturated rings. The molecule has 0 unspecified atom stereocenters. The summed E-state index contributed by atoms with van der Waals surface area (Å²) in [4.78, 5) is 12.0. The highest BCUT2D eigenvalue weighted by atomic mass is 16.3. The number of aliphatic hydroxyl groups excluding tert-OH is 1. The second-order valence-electron chi connectivity index (χ2n) is 5.46. The smallest absolute Gasteiger partial charge is 0.271 e. The molecule has 0 spiro atoms. The van der Waals surface area contributed by atoms with Crippen LogP contribution in [0.4, 0.5) is 0 Å². The predicted octanol–water partition coefficient (Wildman–Crippen LogP) is 1.81. The highest BCUT2D eigenvalue weighted by molar-refractivity contribution is 5.93. The van der Waals surface area contributed by atoms with Gasteiger partial charge in [0.15, 0.2) is 11.5 Å². The number of carbonyl (C=O) groups excluding carboxylic acids is 1. The zero-order valence-corrected chi connectivity index (χ0v) is 11.6. The molecule has 0 aliphatic rings. The summed E-state index contributed by atoms with van der Waals surface area (Å²) in [7, 11) is 0. The highest BCUT2D eigenvalue weighted by Crippen LogP contribution is 2.19. The molecule has 0 atom stereocenters. The third-order valence-electron chi connectivity index (χ3n) is 3.11. The second-order valence-corrected chi connectivity index (χ2v) is 5.46. The fourth-order valence-electron chi connectivity index (χ4n) is 1.80. The molecule has 3 N–H and O–H groups in total. The summed E-state index contributed by atoms with van der Waals surface area (Å²) in [6.45, 7) is 4.56. The van der Waals surface area contributed by atoms with Gasteiger partial charge in [-0.25, -0.2) is 0 Å². The summed E-state index contributed by atoms with van der Waals surface area (Å²) < 4.78 is 5.23. The van der Waals surface area contributed by atoms with E-state index in [2.05, 4.69) is 15.5 Å². The Kier molecular flexibility index (Phi) is 4.24. The zero-order valence-electron chi connectivity index (χ0n) is 11.6. The maximum absolute atomic E-state index is 12.0. The highest BCUT2D eigenvalue weighted by Gasteiger charge is 2.20. The van der Waals surface area contributed by atoms with Crippen molar-refractivity contribution in [2.24, 2.45) is 5.41 Å². The lowest BCUT2D eigenvalue weighted by atomic mass is 9.90. The molecule has 0 saturated heterocycles. The maximum Gasteiger partial charge on any atom is 0.271 e. The van der Waals surface area contributed by atoms with Crippen LogP contribution in [0.3, 0.4) is 0 Å². The predicted molar refractivity (Wildman–Crippen MR) is 74.1 cm³/mol. The molecule has 2 aromatic rings. The van der Waals surface area contributed by atoms with Crippen molar-refractivity contribution < 1.29 is 14.3 Å². The van der Waals surface area contributed by atoms with E-state index in [1.54, 1.807) is 24.5 Å². The third kappa shape index (κ3) is 3.48. The Hall–Kier alpha value is -2.08. The van der Waals surface area contributed by atoms with E-state index in [4.69, 9.17) is 9.52 Å². The number of nitrogens with one attached hydrogen (secondary N) is 2. The molecule has 0 aromatic carbocycles. The van der Waals surface area contributed by atoms with Crippen LogP contribution in [-0.2, 0) is 0 Å². The Morgan fingerprint density at radius 1 is 1.55 bits per heavy atom. The lowest BCUT2D eigenvalue weighted by Crippen LogP contribution is -2.34. The minimum absolute atomic E-state index is 0.105. The van der Waals surface area contributed by atoms with E-state index in [1.807, 2.05) is 13.8 Å². The van der Waals surface area contributed by atoms with Crippen LogP contribution in [0.25, 0.3) is 11.5 Å². The van der Waals surface area contributed by atoms with Gasteiger partial charge in [-0.05, 0) is 24.0 Å². The molecule has 0 bridgehead atoms. The number of aliphatic hydroxyl groups is 1. The molecule has 6 heteroatoms. The monoisotopic (exact) mass is 277 g/mol. The number of amides is 1. The Morgan fingerprint density at radius 3 is 3.00 bits per heavy atom. The first-order valence-electron chi connectivity index (χ1n) is 6.50. The Labute approximate surface area is 117 Å². The molecule has 0 saturated carbocycles. The normalized spacial score (nSPS) is 11.6. The topological polar surface area (TPSA) is 91.1 Å². The quantitative estimate of drug-likeness (QED) is 0.751. The number of rotatable bonds is 6. The minimum Gasteiger partial charge on any atom is -0.463 e. The molecule has 20 heavy (non-hydrogen) atoms. The van der Waals surface area contributed by atoms with Gasteiger partial charge in [0.1, 0.15) is 5.69 Å². The Morgan fingerprint density at radius 2 is 2.35 bits per heavy atom.